The first-order valence-electron chi connectivity index (χ1n) is 8.05. The fourth-order valence-corrected chi connectivity index (χ4v) is 5.32. The van der Waals surface area contributed by atoms with Crippen molar-refractivity contribution in [3.63, 3.8) is 0 Å². The largest absolute Gasteiger partial charge is 0.496 e. The highest BCUT2D eigenvalue weighted by Crippen LogP contribution is 2.40. The van der Waals surface area contributed by atoms with Crippen LogP contribution in [0.1, 0.15) is 19.3 Å². The first kappa shape index (κ1) is 17.3. The third-order valence-corrected chi connectivity index (χ3v) is 6.59. The molecule has 2 bridgehead atoms. The number of rotatable bonds is 5. The average Bonchev–Trinajstić information content (AvgIpc) is 2.59. The van der Waals surface area contributed by atoms with Crippen molar-refractivity contribution in [3.8, 4) is 17.2 Å². The molecule has 2 unspecified atom stereocenters. The van der Waals surface area contributed by atoms with Crippen LogP contribution in [0.2, 0.25) is 0 Å². The summed E-state index contributed by atoms with van der Waals surface area (Å²) in [6, 6.07) is 3.56. The lowest BCUT2D eigenvalue weighted by molar-refractivity contribution is 0.189. The maximum Gasteiger partial charge on any atom is 0.250 e. The van der Waals surface area contributed by atoms with Crippen LogP contribution in [0.15, 0.2) is 17.0 Å². The molecule has 7 nitrogen and oxygen atoms in total. The predicted molar refractivity (Wildman–Crippen MR) is 89.4 cm³/mol. The molecule has 0 saturated carbocycles. The number of sulfonamides is 1. The van der Waals surface area contributed by atoms with E-state index in [4.69, 9.17) is 14.2 Å². The van der Waals surface area contributed by atoms with E-state index in [0.29, 0.717) is 18.8 Å². The predicted octanol–water partition coefficient (Wildman–Crippen LogP) is 1.23. The third kappa shape index (κ3) is 3.05. The van der Waals surface area contributed by atoms with Crippen molar-refractivity contribution in [2.45, 2.75) is 36.2 Å². The number of hydrogen-bond acceptors (Lipinski definition) is 6. The summed E-state index contributed by atoms with van der Waals surface area (Å²) in [6.07, 6.45) is 3.14. The van der Waals surface area contributed by atoms with Crippen LogP contribution in [-0.2, 0) is 10.0 Å². The number of ether oxygens (including phenoxy) is 3. The van der Waals surface area contributed by atoms with Crippen LogP contribution in [0.25, 0.3) is 0 Å². The molecule has 24 heavy (non-hydrogen) atoms. The molecule has 1 aromatic rings. The van der Waals surface area contributed by atoms with Crippen LogP contribution >= 0.6 is 0 Å². The number of fused-ring (bicyclic) bond motifs is 2. The summed E-state index contributed by atoms with van der Waals surface area (Å²) in [5.41, 5.74) is 0. The van der Waals surface area contributed by atoms with Crippen molar-refractivity contribution in [2.24, 2.45) is 0 Å². The number of nitrogens with zero attached hydrogens (tertiary/aromatic N) is 1. The van der Waals surface area contributed by atoms with E-state index in [1.165, 1.54) is 21.3 Å². The van der Waals surface area contributed by atoms with Gasteiger partial charge in [0.05, 0.1) is 21.3 Å². The van der Waals surface area contributed by atoms with Gasteiger partial charge in [-0.3, -0.25) is 0 Å². The molecule has 2 aliphatic rings. The summed E-state index contributed by atoms with van der Waals surface area (Å²) in [5.74, 6) is 0.949. The van der Waals surface area contributed by atoms with Crippen molar-refractivity contribution >= 4 is 10.0 Å². The molecule has 8 heteroatoms. The van der Waals surface area contributed by atoms with Gasteiger partial charge in [0, 0.05) is 37.3 Å². The monoisotopic (exact) mass is 356 g/mol. The molecule has 2 saturated heterocycles. The SMILES string of the molecule is COc1cc(OC)c(S(=O)(=O)N2CC3CCCC(C2)N3)c(OC)c1. The highest BCUT2D eigenvalue weighted by Gasteiger charge is 2.39. The van der Waals surface area contributed by atoms with Crippen LogP contribution in [0.4, 0.5) is 0 Å². The Bertz CT molecular complexity index is 669. The molecule has 0 amide bonds. The van der Waals surface area contributed by atoms with Crippen molar-refractivity contribution in [1.29, 1.82) is 0 Å². The van der Waals surface area contributed by atoms with E-state index in [-0.39, 0.29) is 28.5 Å². The lowest BCUT2D eigenvalue weighted by Gasteiger charge is -2.41. The number of methoxy groups -OCH3 is 3. The average molecular weight is 356 g/mol. The third-order valence-electron chi connectivity index (χ3n) is 4.69. The highest BCUT2D eigenvalue weighted by molar-refractivity contribution is 7.89. The van der Waals surface area contributed by atoms with E-state index < -0.39 is 10.0 Å². The van der Waals surface area contributed by atoms with Gasteiger partial charge in [-0.05, 0) is 12.8 Å². The molecule has 0 radical (unpaired) electrons. The van der Waals surface area contributed by atoms with Gasteiger partial charge in [0.15, 0.2) is 4.90 Å². The van der Waals surface area contributed by atoms with Gasteiger partial charge >= 0.3 is 0 Å². The molecule has 0 aliphatic carbocycles. The van der Waals surface area contributed by atoms with Gasteiger partial charge in [0.1, 0.15) is 17.2 Å². The first-order chi connectivity index (χ1) is 11.5. The van der Waals surface area contributed by atoms with Gasteiger partial charge in [0.2, 0.25) is 0 Å². The van der Waals surface area contributed by atoms with Crippen molar-refractivity contribution in [2.75, 3.05) is 34.4 Å². The minimum absolute atomic E-state index is 0.0632. The van der Waals surface area contributed by atoms with Crippen molar-refractivity contribution < 1.29 is 22.6 Å². The van der Waals surface area contributed by atoms with E-state index >= 15 is 0 Å². The Kier molecular flexibility index (Phi) is 4.89. The van der Waals surface area contributed by atoms with Gasteiger partial charge < -0.3 is 19.5 Å². The lowest BCUT2D eigenvalue weighted by Crippen LogP contribution is -2.59. The molecule has 0 spiro atoms. The number of piperidine rings is 1. The Morgan fingerprint density at radius 1 is 1.00 bits per heavy atom. The van der Waals surface area contributed by atoms with Crippen LogP contribution < -0.4 is 19.5 Å². The molecular formula is C16H24N2O5S. The lowest BCUT2D eigenvalue weighted by atomic mass is 9.96. The van der Waals surface area contributed by atoms with Gasteiger partial charge in [-0.15, -0.1) is 0 Å². The standard InChI is InChI=1S/C16H24N2O5S/c1-21-13-7-14(22-2)16(15(8-13)23-3)24(19,20)18-9-11-5-4-6-12(10-18)17-11/h7-8,11-12,17H,4-6,9-10H2,1-3H3. The van der Waals surface area contributed by atoms with Gasteiger partial charge in [-0.1, -0.05) is 6.42 Å². The minimum atomic E-state index is -3.73. The summed E-state index contributed by atoms with van der Waals surface area (Å²) in [5, 5.41) is 3.49. The van der Waals surface area contributed by atoms with Crippen molar-refractivity contribution in [3.05, 3.63) is 12.1 Å². The maximum atomic E-state index is 13.3. The quantitative estimate of drug-likeness (QED) is 0.855. The first-order valence-corrected chi connectivity index (χ1v) is 9.49. The fourth-order valence-electron chi connectivity index (χ4n) is 3.52. The molecule has 2 fully saturated rings. The zero-order valence-corrected chi connectivity index (χ0v) is 15.1. The molecule has 2 atom stereocenters. The smallest absolute Gasteiger partial charge is 0.250 e. The molecule has 2 aliphatic heterocycles. The molecule has 134 valence electrons. The Morgan fingerprint density at radius 3 is 2.00 bits per heavy atom. The van der Waals surface area contributed by atoms with Gasteiger partial charge in [-0.25, -0.2) is 8.42 Å². The molecule has 0 aromatic heterocycles. The topological polar surface area (TPSA) is 77.1 Å². The van der Waals surface area contributed by atoms with Crippen LogP contribution in [0.3, 0.4) is 0 Å². The van der Waals surface area contributed by atoms with Crippen LogP contribution in [-0.4, -0.2) is 59.2 Å². The zero-order chi connectivity index (χ0) is 17.3. The minimum Gasteiger partial charge on any atom is -0.496 e. The summed E-state index contributed by atoms with van der Waals surface area (Å²) in [6.45, 7) is 0.939. The second kappa shape index (κ2) is 6.78. The summed E-state index contributed by atoms with van der Waals surface area (Å²) in [4.78, 5) is 0.0632. The highest BCUT2D eigenvalue weighted by atomic mass is 32.2. The number of nitrogens with one attached hydrogen (secondary N) is 1. The van der Waals surface area contributed by atoms with E-state index in [1.54, 1.807) is 16.4 Å². The van der Waals surface area contributed by atoms with Gasteiger partial charge in [-0.2, -0.15) is 4.31 Å². The summed E-state index contributed by atoms with van der Waals surface area (Å²) >= 11 is 0. The molecular weight excluding hydrogens is 332 g/mol. The summed E-state index contributed by atoms with van der Waals surface area (Å²) in [7, 11) is 0.675. The fraction of sp³-hybridized carbons (Fsp3) is 0.625. The Balaban J connectivity index is 2.03. The molecule has 1 N–H and O–H groups in total. The van der Waals surface area contributed by atoms with E-state index in [0.717, 1.165) is 19.3 Å². The number of hydrogen-bond donors (Lipinski definition) is 1. The second-order valence-electron chi connectivity index (χ2n) is 6.17. The second-order valence-corrected chi connectivity index (χ2v) is 8.05. The Labute approximate surface area is 142 Å². The maximum absolute atomic E-state index is 13.3. The normalized spacial score (nSPS) is 24.5. The van der Waals surface area contributed by atoms with E-state index in [9.17, 15) is 8.42 Å². The summed E-state index contributed by atoms with van der Waals surface area (Å²) < 4.78 is 43.9. The molecule has 3 rings (SSSR count). The number of piperazine rings is 1. The number of benzene rings is 1. The van der Waals surface area contributed by atoms with Crippen molar-refractivity contribution in [1.82, 2.24) is 9.62 Å². The zero-order valence-electron chi connectivity index (χ0n) is 14.2. The van der Waals surface area contributed by atoms with E-state index in [2.05, 4.69) is 5.32 Å². The molecule has 1 aromatic carbocycles. The van der Waals surface area contributed by atoms with Crippen LogP contribution in [0, 0.1) is 0 Å². The van der Waals surface area contributed by atoms with E-state index in [1.807, 2.05) is 0 Å². The van der Waals surface area contributed by atoms with Gasteiger partial charge in [0.25, 0.3) is 10.0 Å². The Morgan fingerprint density at radius 2 is 1.54 bits per heavy atom. The molecule has 2 heterocycles. The van der Waals surface area contributed by atoms with Crippen LogP contribution in [0.5, 0.6) is 17.2 Å². The Hall–Kier alpha value is -1.51.